The molecule has 2 aromatic heterocycles. The third kappa shape index (κ3) is 3.54. The number of ether oxygens (including phenoxy) is 1. The molecule has 9 nitrogen and oxygen atoms in total. The number of nitrogen functional groups attached to an aromatic ring is 1. The Bertz CT molecular complexity index is 555. The molecule has 0 spiro atoms. The zero-order chi connectivity index (χ0) is 14.4. The summed E-state index contributed by atoms with van der Waals surface area (Å²) < 4.78 is 7.21. The van der Waals surface area contributed by atoms with Crippen molar-refractivity contribution in [1.82, 2.24) is 24.5 Å². The van der Waals surface area contributed by atoms with E-state index in [0.29, 0.717) is 19.1 Å². The lowest BCUT2D eigenvalue weighted by Crippen LogP contribution is -2.16. The van der Waals surface area contributed by atoms with Crippen LogP contribution in [0.25, 0.3) is 0 Å². The molecule has 9 heteroatoms. The quantitative estimate of drug-likeness (QED) is 0.476. The topological polar surface area (TPSA) is 116 Å². The van der Waals surface area contributed by atoms with E-state index in [9.17, 15) is 0 Å². The van der Waals surface area contributed by atoms with E-state index in [0.717, 1.165) is 12.2 Å². The first-order valence-electron chi connectivity index (χ1n) is 6.28. The van der Waals surface area contributed by atoms with Crippen LogP contribution in [0.1, 0.15) is 12.7 Å². The summed E-state index contributed by atoms with van der Waals surface area (Å²) in [5.41, 5.74) is 2.38. The molecule has 0 saturated heterocycles. The Hall–Kier alpha value is -2.42. The average Bonchev–Trinajstić information content (AvgIpc) is 2.84. The highest BCUT2D eigenvalue weighted by Gasteiger charge is 2.06. The van der Waals surface area contributed by atoms with Gasteiger partial charge in [0.05, 0.1) is 6.61 Å². The summed E-state index contributed by atoms with van der Waals surface area (Å²) in [6.07, 6.45) is 4.42. The van der Waals surface area contributed by atoms with Crippen LogP contribution >= 0.6 is 0 Å². The van der Waals surface area contributed by atoms with Crippen LogP contribution in [0.15, 0.2) is 12.4 Å². The lowest BCUT2D eigenvalue weighted by atomic mass is 10.4. The molecule has 108 valence electrons. The van der Waals surface area contributed by atoms with Crippen LogP contribution in [0.2, 0.25) is 0 Å². The van der Waals surface area contributed by atoms with Gasteiger partial charge in [0.25, 0.3) is 0 Å². The molecule has 0 fully saturated rings. The molecule has 2 heterocycles. The number of rotatable bonds is 7. The predicted octanol–water partition coefficient (Wildman–Crippen LogP) is -0.0560. The van der Waals surface area contributed by atoms with Gasteiger partial charge in [0, 0.05) is 32.4 Å². The van der Waals surface area contributed by atoms with Crippen molar-refractivity contribution in [2.24, 2.45) is 12.9 Å². The number of nitrogens with two attached hydrogens (primary N) is 1. The van der Waals surface area contributed by atoms with Crippen LogP contribution in [0, 0.1) is 0 Å². The number of hydrogen-bond acceptors (Lipinski definition) is 8. The molecule has 0 radical (unpaired) electrons. The fraction of sp³-hybridized carbons (Fsp3) is 0.455. The second-order valence-corrected chi connectivity index (χ2v) is 3.97. The van der Waals surface area contributed by atoms with E-state index in [1.54, 1.807) is 6.20 Å². The lowest BCUT2D eigenvalue weighted by molar-refractivity contribution is 0.312. The number of hydrazine groups is 1. The van der Waals surface area contributed by atoms with E-state index in [4.69, 9.17) is 10.6 Å². The molecule has 0 aromatic carbocycles. The first-order chi connectivity index (χ1) is 9.72. The lowest BCUT2D eigenvalue weighted by Gasteiger charge is -2.08. The van der Waals surface area contributed by atoms with E-state index in [-0.39, 0.29) is 12.0 Å². The number of aryl methyl sites for hydroxylation is 1. The Balaban J connectivity index is 1.97. The highest BCUT2D eigenvalue weighted by Crippen LogP contribution is 2.10. The molecule has 0 bridgehead atoms. The summed E-state index contributed by atoms with van der Waals surface area (Å²) in [4.78, 5) is 16.4. The van der Waals surface area contributed by atoms with Crippen molar-refractivity contribution in [2.45, 2.75) is 13.3 Å². The Kier molecular flexibility index (Phi) is 4.66. The predicted molar refractivity (Wildman–Crippen MR) is 74.2 cm³/mol. The molecule has 0 saturated carbocycles. The maximum Gasteiger partial charge on any atom is 0.323 e. The minimum Gasteiger partial charge on any atom is -0.464 e. The van der Waals surface area contributed by atoms with Gasteiger partial charge in [-0.2, -0.15) is 15.0 Å². The fourth-order valence-electron chi connectivity index (χ4n) is 1.62. The molecule has 0 aliphatic carbocycles. The van der Waals surface area contributed by atoms with Crippen molar-refractivity contribution >= 4 is 11.9 Å². The van der Waals surface area contributed by atoms with Gasteiger partial charge >= 0.3 is 6.01 Å². The SMILES string of the molecule is CCOc1nc(NN)nc(NCCc2nccn2C)n1. The standard InChI is InChI=1S/C11H18N8O/c1-3-20-11-16-9(15-10(17-11)18-12)14-5-4-8-13-6-7-19(8)2/h6-7H,3-5,12H2,1-2H3,(H2,14,15,16,17,18). The molecular formula is C11H18N8O. The van der Waals surface area contributed by atoms with E-state index in [1.165, 1.54) is 0 Å². The van der Waals surface area contributed by atoms with E-state index in [1.807, 2.05) is 24.7 Å². The van der Waals surface area contributed by atoms with Crippen LogP contribution in [-0.2, 0) is 13.5 Å². The van der Waals surface area contributed by atoms with Crippen molar-refractivity contribution in [2.75, 3.05) is 23.9 Å². The smallest absolute Gasteiger partial charge is 0.323 e. The highest BCUT2D eigenvalue weighted by atomic mass is 16.5. The van der Waals surface area contributed by atoms with Gasteiger partial charge in [-0.15, -0.1) is 0 Å². The summed E-state index contributed by atoms with van der Waals surface area (Å²) in [5.74, 6) is 6.95. The van der Waals surface area contributed by atoms with Crippen molar-refractivity contribution in [3.8, 4) is 6.01 Å². The van der Waals surface area contributed by atoms with Crippen molar-refractivity contribution < 1.29 is 4.74 Å². The van der Waals surface area contributed by atoms with Gasteiger partial charge in [-0.25, -0.2) is 10.8 Å². The molecule has 0 unspecified atom stereocenters. The summed E-state index contributed by atoms with van der Waals surface area (Å²) in [6.45, 7) is 2.97. The first-order valence-corrected chi connectivity index (χ1v) is 6.28. The van der Waals surface area contributed by atoms with Crippen LogP contribution in [-0.4, -0.2) is 37.7 Å². The summed E-state index contributed by atoms with van der Waals surface area (Å²) >= 11 is 0. The monoisotopic (exact) mass is 278 g/mol. The molecule has 2 rings (SSSR count). The zero-order valence-electron chi connectivity index (χ0n) is 11.5. The summed E-state index contributed by atoms with van der Waals surface area (Å²) in [6, 6.07) is 0.231. The Labute approximate surface area is 116 Å². The van der Waals surface area contributed by atoms with Gasteiger partial charge in [-0.05, 0) is 6.92 Å². The molecule has 20 heavy (non-hydrogen) atoms. The van der Waals surface area contributed by atoms with Crippen molar-refractivity contribution in [3.63, 3.8) is 0 Å². The molecule has 0 atom stereocenters. The van der Waals surface area contributed by atoms with Gasteiger partial charge in [-0.1, -0.05) is 0 Å². The maximum absolute atomic E-state index is 5.31. The fourth-order valence-corrected chi connectivity index (χ4v) is 1.62. The van der Waals surface area contributed by atoms with Crippen molar-refractivity contribution in [1.29, 1.82) is 0 Å². The average molecular weight is 278 g/mol. The van der Waals surface area contributed by atoms with E-state index in [2.05, 4.69) is 30.7 Å². The second kappa shape index (κ2) is 6.66. The number of nitrogens with zero attached hydrogens (tertiary/aromatic N) is 5. The summed E-state index contributed by atoms with van der Waals surface area (Å²) in [7, 11) is 1.95. The molecule has 0 aliphatic rings. The Morgan fingerprint density at radius 1 is 1.30 bits per heavy atom. The van der Waals surface area contributed by atoms with Gasteiger partial charge in [0.2, 0.25) is 11.9 Å². The number of aromatic nitrogens is 5. The second-order valence-electron chi connectivity index (χ2n) is 3.97. The number of hydrogen-bond donors (Lipinski definition) is 3. The van der Waals surface area contributed by atoms with Crippen LogP contribution in [0.3, 0.4) is 0 Å². The van der Waals surface area contributed by atoms with Crippen LogP contribution in [0.4, 0.5) is 11.9 Å². The minimum atomic E-state index is 0.231. The zero-order valence-corrected chi connectivity index (χ0v) is 11.5. The van der Waals surface area contributed by atoms with Crippen molar-refractivity contribution in [3.05, 3.63) is 18.2 Å². The van der Waals surface area contributed by atoms with Gasteiger partial charge in [0.1, 0.15) is 5.82 Å². The molecule has 0 aliphatic heterocycles. The molecule has 2 aromatic rings. The number of anilines is 2. The third-order valence-corrected chi connectivity index (χ3v) is 2.57. The number of imidazole rings is 1. The largest absolute Gasteiger partial charge is 0.464 e. The highest BCUT2D eigenvalue weighted by molar-refractivity contribution is 5.34. The summed E-state index contributed by atoms with van der Waals surface area (Å²) in [5, 5.41) is 3.09. The first kappa shape index (κ1) is 14.0. The van der Waals surface area contributed by atoms with Gasteiger partial charge < -0.3 is 14.6 Å². The van der Waals surface area contributed by atoms with E-state index >= 15 is 0 Å². The Morgan fingerprint density at radius 2 is 2.10 bits per heavy atom. The third-order valence-electron chi connectivity index (χ3n) is 2.57. The van der Waals surface area contributed by atoms with Gasteiger partial charge in [-0.3, -0.25) is 5.43 Å². The number of nitrogens with one attached hydrogen (secondary N) is 2. The Morgan fingerprint density at radius 3 is 2.75 bits per heavy atom. The molecule has 4 N–H and O–H groups in total. The van der Waals surface area contributed by atoms with Gasteiger partial charge in [0.15, 0.2) is 0 Å². The molecular weight excluding hydrogens is 260 g/mol. The molecule has 0 amide bonds. The normalized spacial score (nSPS) is 10.3. The van der Waals surface area contributed by atoms with Crippen LogP contribution < -0.4 is 21.3 Å². The minimum absolute atomic E-state index is 0.231. The van der Waals surface area contributed by atoms with Crippen LogP contribution in [0.5, 0.6) is 6.01 Å². The van der Waals surface area contributed by atoms with E-state index < -0.39 is 0 Å². The maximum atomic E-state index is 5.31.